The normalized spacial score (nSPS) is 18.0. The fourth-order valence-corrected chi connectivity index (χ4v) is 3.65. The van der Waals surface area contributed by atoms with E-state index < -0.39 is 6.10 Å². The number of carbonyl (C=O) groups is 2. The van der Waals surface area contributed by atoms with Gasteiger partial charge in [-0.15, -0.1) is 0 Å². The molecule has 7 nitrogen and oxygen atoms in total. The third-order valence-corrected chi connectivity index (χ3v) is 5.18. The summed E-state index contributed by atoms with van der Waals surface area (Å²) in [4.78, 5) is 26.5. The first-order valence-electron chi connectivity index (χ1n) is 10.3. The Morgan fingerprint density at radius 2 is 2.17 bits per heavy atom. The van der Waals surface area contributed by atoms with Crippen molar-refractivity contribution >= 4 is 23.2 Å². The number of carbonyl (C=O) groups excluding carboxylic acids is 2. The van der Waals surface area contributed by atoms with E-state index in [-0.39, 0.29) is 18.4 Å². The number of amides is 2. The summed E-state index contributed by atoms with van der Waals surface area (Å²) >= 11 is 0. The lowest BCUT2D eigenvalue weighted by Gasteiger charge is -2.30. The number of benzene rings is 2. The molecule has 2 amide bonds. The molecule has 1 atom stereocenters. The Morgan fingerprint density at radius 1 is 1.27 bits per heavy atom. The first-order chi connectivity index (χ1) is 14.6. The van der Waals surface area contributed by atoms with Gasteiger partial charge in [-0.3, -0.25) is 9.59 Å². The Balaban J connectivity index is 1.39. The molecule has 30 heavy (non-hydrogen) atoms. The van der Waals surface area contributed by atoms with E-state index in [0.717, 1.165) is 24.2 Å². The number of rotatable bonds is 7. The maximum absolute atomic E-state index is 12.5. The van der Waals surface area contributed by atoms with Crippen molar-refractivity contribution in [2.45, 2.75) is 32.3 Å². The summed E-state index contributed by atoms with van der Waals surface area (Å²) < 4.78 is 16.8. The fourth-order valence-electron chi connectivity index (χ4n) is 3.65. The zero-order chi connectivity index (χ0) is 20.9. The Morgan fingerprint density at radius 3 is 2.97 bits per heavy atom. The first-order valence-corrected chi connectivity index (χ1v) is 10.3. The average molecular weight is 410 g/mol. The lowest BCUT2D eigenvalue weighted by molar-refractivity contribution is -0.124. The van der Waals surface area contributed by atoms with Gasteiger partial charge in [0.15, 0.2) is 6.61 Å². The molecular formula is C23H26N2O5. The third kappa shape index (κ3) is 4.74. The van der Waals surface area contributed by atoms with Crippen LogP contribution in [0.4, 0.5) is 11.4 Å². The topological polar surface area (TPSA) is 77.1 Å². The van der Waals surface area contributed by atoms with Gasteiger partial charge in [-0.2, -0.15) is 0 Å². The fraction of sp³-hybridized carbons (Fsp3) is 0.391. The number of nitrogens with zero attached hydrogens (tertiary/aromatic N) is 1. The highest BCUT2D eigenvalue weighted by atomic mass is 16.5. The second kappa shape index (κ2) is 9.17. The summed E-state index contributed by atoms with van der Waals surface area (Å²) in [6, 6.07) is 13.2. The van der Waals surface area contributed by atoms with Crippen LogP contribution in [0.1, 0.15) is 24.8 Å². The Bertz CT molecular complexity index is 924. The first kappa shape index (κ1) is 20.2. The summed E-state index contributed by atoms with van der Waals surface area (Å²) in [5, 5.41) is 2.88. The summed E-state index contributed by atoms with van der Waals surface area (Å²) in [6.07, 6.45) is 1.88. The maximum Gasteiger partial charge on any atom is 0.265 e. The molecule has 0 aromatic heterocycles. The predicted octanol–water partition coefficient (Wildman–Crippen LogP) is 3.31. The molecular weight excluding hydrogens is 384 g/mol. The largest absolute Gasteiger partial charge is 0.494 e. The van der Waals surface area contributed by atoms with E-state index in [9.17, 15) is 9.59 Å². The SMILES string of the molecule is Cc1cccc(OCCCN2C(=O)COc3ccc(NC(=O)C4CCCO4)cc32)c1. The summed E-state index contributed by atoms with van der Waals surface area (Å²) in [6.45, 7) is 3.64. The quantitative estimate of drug-likeness (QED) is 0.709. The highest BCUT2D eigenvalue weighted by Crippen LogP contribution is 2.35. The molecule has 1 saturated heterocycles. The average Bonchev–Trinajstić information content (AvgIpc) is 3.28. The Labute approximate surface area is 175 Å². The minimum atomic E-state index is -0.409. The molecule has 158 valence electrons. The zero-order valence-corrected chi connectivity index (χ0v) is 17.1. The molecule has 0 spiro atoms. The molecule has 0 saturated carbocycles. The monoisotopic (exact) mass is 410 g/mol. The van der Waals surface area contributed by atoms with Crippen LogP contribution < -0.4 is 19.7 Å². The van der Waals surface area contributed by atoms with Crippen molar-refractivity contribution in [2.24, 2.45) is 0 Å². The molecule has 0 radical (unpaired) electrons. The van der Waals surface area contributed by atoms with Crippen LogP contribution in [-0.4, -0.2) is 44.3 Å². The van der Waals surface area contributed by atoms with Crippen molar-refractivity contribution in [1.29, 1.82) is 0 Å². The molecule has 2 aromatic carbocycles. The molecule has 0 bridgehead atoms. The van der Waals surface area contributed by atoms with Gasteiger partial charge >= 0.3 is 0 Å². The number of fused-ring (bicyclic) bond motifs is 1. The van der Waals surface area contributed by atoms with E-state index >= 15 is 0 Å². The van der Waals surface area contributed by atoms with Gasteiger partial charge in [-0.1, -0.05) is 12.1 Å². The number of hydrogen-bond donors (Lipinski definition) is 1. The second-order valence-electron chi connectivity index (χ2n) is 7.53. The van der Waals surface area contributed by atoms with Gasteiger partial charge in [0.1, 0.15) is 17.6 Å². The van der Waals surface area contributed by atoms with E-state index in [1.54, 1.807) is 23.1 Å². The molecule has 2 heterocycles. The van der Waals surface area contributed by atoms with E-state index in [1.807, 2.05) is 31.2 Å². The van der Waals surface area contributed by atoms with Crippen molar-refractivity contribution in [3.63, 3.8) is 0 Å². The minimum Gasteiger partial charge on any atom is -0.494 e. The van der Waals surface area contributed by atoms with Gasteiger partial charge in [0.05, 0.1) is 12.3 Å². The number of hydrogen-bond acceptors (Lipinski definition) is 5. The van der Waals surface area contributed by atoms with Crippen LogP contribution in [0, 0.1) is 6.92 Å². The van der Waals surface area contributed by atoms with Crippen molar-refractivity contribution in [1.82, 2.24) is 0 Å². The predicted molar refractivity (Wildman–Crippen MR) is 113 cm³/mol. The standard InChI is InChI=1S/C23H26N2O5/c1-16-5-2-6-18(13-16)28-12-4-10-25-19-14-17(8-9-20(19)30-15-22(25)26)24-23(27)21-7-3-11-29-21/h2,5-6,8-9,13-14,21H,3-4,7,10-12,15H2,1H3,(H,24,27). The molecule has 4 rings (SSSR count). The Hall–Kier alpha value is -3.06. The van der Waals surface area contributed by atoms with Crippen LogP contribution in [0.3, 0.4) is 0 Å². The van der Waals surface area contributed by atoms with Crippen LogP contribution in [0.2, 0.25) is 0 Å². The number of aryl methyl sites for hydroxylation is 1. The lowest BCUT2D eigenvalue weighted by atomic mass is 10.2. The van der Waals surface area contributed by atoms with Gasteiger partial charge in [0, 0.05) is 18.8 Å². The zero-order valence-electron chi connectivity index (χ0n) is 17.1. The minimum absolute atomic E-state index is 0.00730. The van der Waals surface area contributed by atoms with Gasteiger partial charge in [0.2, 0.25) is 0 Å². The van der Waals surface area contributed by atoms with Crippen LogP contribution in [0.5, 0.6) is 11.5 Å². The van der Waals surface area contributed by atoms with E-state index in [2.05, 4.69) is 5.32 Å². The molecule has 1 fully saturated rings. The van der Waals surface area contributed by atoms with Gasteiger partial charge < -0.3 is 24.4 Å². The van der Waals surface area contributed by atoms with Crippen molar-refractivity contribution in [3.8, 4) is 11.5 Å². The van der Waals surface area contributed by atoms with Crippen molar-refractivity contribution in [2.75, 3.05) is 36.6 Å². The highest BCUT2D eigenvalue weighted by Gasteiger charge is 2.27. The van der Waals surface area contributed by atoms with Gasteiger partial charge in [-0.25, -0.2) is 0 Å². The Kier molecular flexibility index (Phi) is 6.18. The summed E-state index contributed by atoms with van der Waals surface area (Å²) in [7, 11) is 0. The summed E-state index contributed by atoms with van der Waals surface area (Å²) in [5.41, 5.74) is 2.42. The molecule has 1 N–H and O–H groups in total. The van der Waals surface area contributed by atoms with E-state index in [0.29, 0.717) is 43.3 Å². The maximum atomic E-state index is 12.5. The molecule has 2 aliphatic rings. The van der Waals surface area contributed by atoms with Crippen LogP contribution in [-0.2, 0) is 14.3 Å². The number of anilines is 2. The smallest absolute Gasteiger partial charge is 0.265 e. The van der Waals surface area contributed by atoms with Gasteiger partial charge in [-0.05, 0) is 62.1 Å². The molecule has 7 heteroatoms. The van der Waals surface area contributed by atoms with Crippen molar-refractivity contribution in [3.05, 3.63) is 48.0 Å². The van der Waals surface area contributed by atoms with E-state index in [1.165, 1.54) is 0 Å². The molecule has 0 aliphatic carbocycles. The van der Waals surface area contributed by atoms with Crippen LogP contribution in [0.25, 0.3) is 0 Å². The third-order valence-electron chi connectivity index (χ3n) is 5.18. The lowest BCUT2D eigenvalue weighted by Crippen LogP contribution is -2.40. The highest BCUT2D eigenvalue weighted by molar-refractivity contribution is 6.00. The summed E-state index contributed by atoms with van der Waals surface area (Å²) in [5.74, 6) is 1.18. The van der Waals surface area contributed by atoms with Crippen LogP contribution in [0.15, 0.2) is 42.5 Å². The number of nitrogens with one attached hydrogen (secondary N) is 1. The molecule has 1 unspecified atom stereocenters. The molecule has 2 aromatic rings. The van der Waals surface area contributed by atoms with E-state index in [4.69, 9.17) is 14.2 Å². The van der Waals surface area contributed by atoms with Crippen LogP contribution >= 0.6 is 0 Å². The van der Waals surface area contributed by atoms with Crippen molar-refractivity contribution < 1.29 is 23.8 Å². The number of ether oxygens (including phenoxy) is 3. The second-order valence-corrected chi connectivity index (χ2v) is 7.53. The van der Waals surface area contributed by atoms with Gasteiger partial charge in [0.25, 0.3) is 11.8 Å². The molecule has 2 aliphatic heterocycles.